The fourth-order valence-electron chi connectivity index (χ4n) is 4.59. The zero-order valence-electron chi connectivity index (χ0n) is 18.4. The van der Waals surface area contributed by atoms with Crippen LogP contribution in [0.4, 0.5) is 5.82 Å². The van der Waals surface area contributed by atoms with E-state index in [1.54, 1.807) is 7.11 Å². The first-order valence-corrected chi connectivity index (χ1v) is 11.0. The summed E-state index contributed by atoms with van der Waals surface area (Å²) >= 11 is 0. The normalized spacial score (nSPS) is 17.4. The average molecular weight is 430 g/mol. The van der Waals surface area contributed by atoms with Gasteiger partial charge in [-0.1, -0.05) is 43.7 Å². The first kappa shape index (κ1) is 20.3. The third-order valence-electron chi connectivity index (χ3n) is 6.21. The van der Waals surface area contributed by atoms with Gasteiger partial charge in [-0.15, -0.1) is 0 Å². The van der Waals surface area contributed by atoms with E-state index in [-0.39, 0.29) is 12.0 Å². The SMILES string of the molecule is CCCCOc1cc(C2c3ccccc3CC2n2cc3c(N)ncnc3n2)ccc1OC. The van der Waals surface area contributed by atoms with Gasteiger partial charge < -0.3 is 15.2 Å². The molecule has 0 amide bonds. The van der Waals surface area contributed by atoms with Crippen LogP contribution < -0.4 is 15.2 Å². The van der Waals surface area contributed by atoms with Crippen LogP contribution in [0, 0.1) is 0 Å². The van der Waals surface area contributed by atoms with E-state index in [0.717, 1.165) is 36.1 Å². The smallest absolute Gasteiger partial charge is 0.186 e. The molecule has 2 unspecified atom stereocenters. The summed E-state index contributed by atoms with van der Waals surface area (Å²) in [5.74, 6) is 2.10. The van der Waals surface area contributed by atoms with E-state index in [9.17, 15) is 0 Å². The molecule has 7 nitrogen and oxygen atoms in total. The molecule has 7 heteroatoms. The highest BCUT2D eigenvalue weighted by molar-refractivity contribution is 5.84. The summed E-state index contributed by atoms with van der Waals surface area (Å²) in [6.07, 6.45) is 6.39. The molecule has 1 aliphatic rings. The van der Waals surface area contributed by atoms with Crippen molar-refractivity contribution < 1.29 is 9.47 Å². The zero-order chi connectivity index (χ0) is 22.1. The number of methoxy groups -OCH3 is 1. The first-order chi connectivity index (χ1) is 15.7. The van der Waals surface area contributed by atoms with Gasteiger partial charge in [-0.3, -0.25) is 4.68 Å². The molecule has 5 rings (SSSR count). The van der Waals surface area contributed by atoms with Crippen molar-refractivity contribution in [3.8, 4) is 11.5 Å². The van der Waals surface area contributed by atoms with E-state index < -0.39 is 0 Å². The van der Waals surface area contributed by atoms with Gasteiger partial charge in [0.15, 0.2) is 17.1 Å². The fourth-order valence-corrected chi connectivity index (χ4v) is 4.59. The fraction of sp³-hybridized carbons (Fsp3) is 0.320. The Kier molecular flexibility index (Phi) is 5.39. The predicted octanol–water partition coefficient (Wildman–Crippen LogP) is 4.53. The van der Waals surface area contributed by atoms with E-state index in [2.05, 4.69) is 53.3 Å². The molecular weight excluding hydrogens is 402 g/mol. The second-order valence-corrected chi connectivity index (χ2v) is 8.17. The molecule has 1 aliphatic carbocycles. The van der Waals surface area contributed by atoms with E-state index >= 15 is 0 Å². The lowest BCUT2D eigenvalue weighted by atomic mass is 9.90. The third kappa shape index (κ3) is 3.53. The highest BCUT2D eigenvalue weighted by Gasteiger charge is 2.36. The van der Waals surface area contributed by atoms with Crippen molar-refractivity contribution in [3.05, 3.63) is 71.7 Å². The van der Waals surface area contributed by atoms with Gasteiger partial charge in [0.1, 0.15) is 12.1 Å². The molecular formula is C25H27N5O2. The molecule has 0 saturated heterocycles. The van der Waals surface area contributed by atoms with Gasteiger partial charge >= 0.3 is 0 Å². The Bertz CT molecular complexity index is 1250. The number of hydrogen-bond donors (Lipinski definition) is 1. The number of nitrogens with zero attached hydrogens (tertiary/aromatic N) is 4. The summed E-state index contributed by atoms with van der Waals surface area (Å²) in [5.41, 5.74) is 10.5. The van der Waals surface area contributed by atoms with Crippen LogP contribution in [0.25, 0.3) is 11.0 Å². The average Bonchev–Trinajstić information content (AvgIpc) is 3.42. The summed E-state index contributed by atoms with van der Waals surface area (Å²) < 4.78 is 13.6. The minimum Gasteiger partial charge on any atom is -0.493 e. The van der Waals surface area contributed by atoms with Crippen molar-refractivity contribution in [2.75, 3.05) is 19.5 Å². The number of rotatable bonds is 7. The van der Waals surface area contributed by atoms with Gasteiger partial charge in [-0.2, -0.15) is 5.10 Å². The van der Waals surface area contributed by atoms with Crippen molar-refractivity contribution in [2.24, 2.45) is 0 Å². The molecule has 2 atom stereocenters. The van der Waals surface area contributed by atoms with E-state index in [1.807, 2.05) is 16.9 Å². The minimum atomic E-state index is 0.0953. The van der Waals surface area contributed by atoms with Crippen LogP contribution in [0.2, 0.25) is 0 Å². The summed E-state index contributed by atoms with van der Waals surface area (Å²) in [4.78, 5) is 8.41. The van der Waals surface area contributed by atoms with Crippen molar-refractivity contribution in [1.29, 1.82) is 0 Å². The molecule has 2 aromatic carbocycles. The number of ether oxygens (including phenoxy) is 2. The monoisotopic (exact) mass is 429 g/mol. The van der Waals surface area contributed by atoms with Crippen LogP contribution >= 0.6 is 0 Å². The third-order valence-corrected chi connectivity index (χ3v) is 6.21. The number of unbranched alkanes of at least 4 members (excludes halogenated alkanes) is 1. The summed E-state index contributed by atoms with van der Waals surface area (Å²) in [7, 11) is 1.68. The predicted molar refractivity (Wildman–Crippen MR) is 124 cm³/mol. The molecule has 0 aliphatic heterocycles. The lowest BCUT2D eigenvalue weighted by Gasteiger charge is -2.23. The maximum atomic E-state index is 6.08. The topological polar surface area (TPSA) is 88.1 Å². The molecule has 4 aromatic rings. The molecule has 2 N–H and O–H groups in total. The second-order valence-electron chi connectivity index (χ2n) is 8.17. The Balaban J connectivity index is 1.59. The van der Waals surface area contributed by atoms with Gasteiger partial charge in [0.05, 0.1) is 25.1 Å². The zero-order valence-corrected chi connectivity index (χ0v) is 18.4. The van der Waals surface area contributed by atoms with Gasteiger partial charge in [0.2, 0.25) is 0 Å². The van der Waals surface area contributed by atoms with Gasteiger partial charge in [-0.05, 0) is 41.7 Å². The van der Waals surface area contributed by atoms with Gasteiger partial charge in [-0.25, -0.2) is 9.97 Å². The van der Waals surface area contributed by atoms with E-state index in [0.29, 0.717) is 18.1 Å². The van der Waals surface area contributed by atoms with Crippen LogP contribution in [0.5, 0.6) is 11.5 Å². The number of aromatic nitrogens is 4. The van der Waals surface area contributed by atoms with Gasteiger partial charge in [0.25, 0.3) is 0 Å². The van der Waals surface area contributed by atoms with Crippen molar-refractivity contribution >= 4 is 16.9 Å². The molecule has 0 bridgehead atoms. The minimum absolute atomic E-state index is 0.0953. The summed E-state index contributed by atoms with van der Waals surface area (Å²) in [5, 5.41) is 5.54. The number of fused-ring (bicyclic) bond motifs is 2. The van der Waals surface area contributed by atoms with Crippen LogP contribution in [-0.2, 0) is 6.42 Å². The first-order valence-electron chi connectivity index (χ1n) is 11.0. The van der Waals surface area contributed by atoms with Crippen molar-refractivity contribution in [3.63, 3.8) is 0 Å². The lowest BCUT2D eigenvalue weighted by molar-refractivity contribution is 0.287. The largest absolute Gasteiger partial charge is 0.493 e. The van der Waals surface area contributed by atoms with Crippen molar-refractivity contribution in [1.82, 2.24) is 19.7 Å². The molecule has 164 valence electrons. The number of nitrogen functional groups attached to an aromatic ring is 1. The maximum Gasteiger partial charge on any atom is 0.186 e. The van der Waals surface area contributed by atoms with E-state index in [1.165, 1.54) is 23.0 Å². The van der Waals surface area contributed by atoms with Crippen LogP contribution in [0.15, 0.2) is 55.0 Å². The van der Waals surface area contributed by atoms with Crippen LogP contribution in [-0.4, -0.2) is 33.5 Å². The Labute approximate surface area is 187 Å². The molecule has 0 radical (unpaired) electrons. The summed E-state index contributed by atoms with van der Waals surface area (Å²) in [6, 6.07) is 14.9. The molecule has 2 aromatic heterocycles. The molecule has 2 heterocycles. The Hall–Kier alpha value is -3.61. The Morgan fingerprint density at radius 1 is 1.12 bits per heavy atom. The quantitative estimate of drug-likeness (QED) is 0.435. The Morgan fingerprint density at radius 2 is 2.00 bits per heavy atom. The number of benzene rings is 2. The summed E-state index contributed by atoms with van der Waals surface area (Å²) in [6.45, 7) is 2.83. The second kappa shape index (κ2) is 8.49. The van der Waals surface area contributed by atoms with E-state index in [4.69, 9.17) is 20.3 Å². The maximum absolute atomic E-state index is 6.08. The molecule has 0 spiro atoms. The highest BCUT2D eigenvalue weighted by atomic mass is 16.5. The number of anilines is 1. The highest BCUT2D eigenvalue weighted by Crippen LogP contribution is 2.47. The molecule has 0 saturated carbocycles. The van der Waals surface area contributed by atoms with Crippen LogP contribution in [0.3, 0.4) is 0 Å². The van der Waals surface area contributed by atoms with Crippen LogP contribution in [0.1, 0.15) is 48.4 Å². The van der Waals surface area contributed by atoms with Crippen molar-refractivity contribution in [2.45, 2.75) is 38.1 Å². The molecule has 0 fully saturated rings. The van der Waals surface area contributed by atoms with Gasteiger partial charge in [0, 0.05) is 12.1 Å². The number of nitrogens with two attached hydrogens (primary N) is 1. The lowest BCUT2D eigenvalue weighted by Crippen LogP contribution is -2.16. The standard InChI is InChI=1S/C25H27N5O2/c1-3-4-11-32-22-13-17(9-10-21(22)31-2)23-18-8-6-5-7-16(18)12-20(23)30-14-19-24(26)27-15-28-25(19)29-30/h5-10,13-15,20,23H,3-4,11-12H2,1-2H3,(H2,26,27,28,29). The molecule has 32 heavy (non-hydrogen) atoms. The Morgan fingerprint density at radius 3 is 2.81 bits per heavy atom. The number of hydrogen-bond acceptors (Lipinski definition) is 6.